The molecule has 3 atom stereocenters. The van der Waals surface area contributed by atoms with Gasteiger partial charge < -0.3 is 18.9 Å². The van der Waals surface area contributed by atoms with E-state index in [1.807, 2.05) is 37.3 Å². The third kappa shape index (κ3) is 3.26. The Hall–Kier alpha value is -2.99. The standard InChI is InChI=1S/C24H23ClO6/c1-13-10-16(26)11-19(30-14(2)15-8-6-5-7-9-15)24(13)23(27)20-17(28-3)12-18(29-4)21(25)22(20)31-24/h5-9,11-14H,10H2,1-4H3/t13-,14-,24+/m1/s1. The number of ketones is 2. The second-order valence-corrected chi connectivity index (χ2v) is 8.09. The molecule has 0 bridgehead atoms. The van der Waals surface area contributed by atoms with E-state index in [4.69, 9.17) is 30.5 Å². The number of carbonyl (C=O) groups is 2. The molecule has 1 heterocycles. The summed E-state index contributed by atoms with van der Waals surface area (Å²) in [5.74, 6) is 0.00157. The van der Waals surface area contributed by atoms with Crippen molar-refractivity contribution in [3.05, 3.63) is 64.4 Å². The number of benzene rings is 2. The van der Waals surface area contributed by atoms with Gasteiger partial charge in [-0.05, 0) is 12.5 Å². The Balaban J connectivity index is 1.83. The molecular formula is C24H23ClO6. The highest BCUT2D eigenvalue weighted by Gasteiger charge is 2.60. The first-order valence-electron chi connectivity index (χ1n) is 9.98. The molecule has 0 saturated carbocycles. The van der Waals surface area contributed by atoms with Crippen LogP contribution >= 0.6 is 11.6 Å². The Morgan fingerprint density at radius 3 is 2.45 bits per heavy atom. The molecular weight excluding hydrogens is 420 g/mol. The molecule has 0 radical (unpaired) electrons. The van der Waals surface area contributed by atoms with Gasteiger partial charge in [0.2, 0.25) is 11.4 Å². The molecule has 0 unspecified atom stereocenters. The summed E-state index contributed by atoms with van der Waals surface area (Å²) in [6.45, 7) is 3.65. The van der Waals surface area contributed by atoms with Gasteiger partial charge in [0.05, 0.1) is 14.2 Å². The molecule has 1 aliphatic carbocycles. The van der Waals surface area contributed by atoms with Gasteiger partial charge in [-0.25, -0.2) is 0 Å². The van der Waals surface area contributed by atoms with Crippen LogP contribution in [-0.2, 0) is 9.53 Å². The number of fused-ring (bicyclic) bond motifs is 1. The van der Waals surface area contributed by atoms with Gasteiger partial charge in [0, 0.05) is 24.5 Å². The third-order valence-corrected chi connectivity index (χ3v) is 6.21. The van der Waals surface area contributed by atoms with E-state index in [9.17, 15) is 9.59 Å². The van der Waals surface area contributed by atoms with Crippen LogP contribution < -0.4 is 14.2 Å². The quantitative estimate of drug-likeness (QED) is 0.653. The smallest absolute Gasteiger partial charge is 0.231 e. The molecule has 6 nitrogen and oxygen atoms in total. The molecule has 2 aliphatic rings. The van der Waals surface area contributed by atoms with Crippen molar-refractivity contribution in [2.45, 2.75) is 32.0 Å². The van der Waals surface area contributed by atoms with Crippen molar-refractivity contribution in [3.63, 3.8) is 0 Å². The van der Waals surface area contributed by atoms with Gasteiger partial charge in [-0.1, -0.05) is 48.9 Å². The summed E-state index contributed by atoms with van der Waals surface area (Å²) in [4.78, 5) is 26.2. The van der Waals surface area contributed by atoms with Crippen LogP contribution in [0.25, 0.3) is 0 Å². The topological polar surface area (TPSA) is 71.1 Å². The zero-order valence-corrected chi connectivity index (χ0v) is 18.5. The molecule has 7 heteroatoms. The highest BCUT2D eigenvalue weighted by atomic mass is 35.5. The fourth-order valence-corrected chi connectivity index (χ4v) is 4.46. The number of hydrogen-bond acceptors (Lipinski definition) is 6. The first kappa shape index (κ1) is 21.2. The second-order valence-electron chi connectivity index (χ2n) is 7.72. The normalized spacial score (nSPS) is 23.1. The summed E-state index contributed by atoms with van der Waals surface area (Å²) in [5.41, 5.74) is -0.386. The van der Waals surface area contributed by atoms with Crippen molar-refractivity contribution in [1.82, 2.24) is 0 Å². The minimum Gasteiger partial charge on any atom is -0.496 e. The van der Waals surface area contributed by atoms with Gasteiger partial charge >= 0.3 is 0 Å². The van der Waals surface area contributed by atoms with Gasteiger partial charge in [-0.3, -0.25) is 9.59 Å². The molecule has 0 fully saturated rings. The number of allylic oxidation sites excluding steroid dienone is 1. The van der Waals surface area contributed by atoms with E-state index in [-0.39, 0.29) is 45.8 Å². The fraction of sp³-hybridized carbons (Fsp3) is 0.333. The van der Waals surface area contributed by atoms with E-state index >= 15 is 0 Å². The summed E-state index contributed by atoms with van der Waals surface area (Å²) >= 11 is 6.49. The molecule has 1 aliphatic heterocycles. The minimum atomic E-state index is -1.51. The molecule has 0 N–H and O–H groups in total. The number of Topliss-reactive ketones (excluding diaryl/α,β-unsaturated/α-hetero) is 1. The van der Waals surface area contributed by atoms with Crippen molar-refractivity contribution < 1.29 is 28.5 Å². The van der Waals surface area contributed by atoms with Crippen molar-refractivity contribution in [3.8, 4) is 17.2 Å². The fourth-order valence-electron chi connectivity index (χ4n) is 4.19. The molecule has 2 aromatic carbocycles. The highest BCUT2D eigenvalue weighted by molar-refractivity contribution is 6.35. The lowest BCUT2D eigenvalue weighted by atomic mass is 9.75. The van der Waals surface area contributed by atoms with Crippen LogP contribution in [0.1, 0.15) is 42.3 Å². The minimum absolute atomic E-state index is 0.128. The van der Waals surface area contributed by atoms with Gasteiger partial charge in [0.15, 0.2) is 17.3 Å². The summed E-state index contributed by atoms with van der Waals surface area (Å²) in [7, 11) is 2.93. The van der Waals surface area contributed by atoms with Crippen molar-refractivity contribution in [1.29, 1.82) is 0 Å². The summed E-state index contributed by atoms with van der Waals surface area (Å²) < 4.78 is 23.2. The van der Waals surface area contributed by atoms with Crippen molar-refractivity contribution in [2.24, 2.45) is 5.92 Å². The summed E-state index contributed by atoms with van der Waals surface area (Å²) in [5, 5.41) is 0.170. The monoisotopic (exact) mass is 442 g/mol. The van der Waals surface area contributed by atoms with E-state index in [2.05, 4.69) is 0 Å². The molecule has 1 spiro atoms. The maximum absolute atomic E-state index is 13.8. The molecule has 0 aromatic heterocycles. The Kier molecular flexibility index (Phi) is 5.43. The van der Waals surface area contributed by atoms with Crippen molar-refractivity contribution >= 4 is 23.2 Å². The van der Waals surface area contributed by atoms with Gasteiger partial charge in [-0.2, -0.15) is 0 Å². The van der Waals surface area contributed by atoms with Gasteiger partial charge in [0.25, 0.3) is 0 Å². The SMILES string of the molecule is COc1cc(OC)c2c(c1Cl)O[C@]1(C2=O)C(O[C@H](C)c2ccccc2)=CC(=O)C[C@H]1C. The average molecular weight is 443 g/mol. The van der Waals surface area contributed by atoms with E-state index in [1.165, 1.54) is 20.3 Å². The Labute approximate surface area is 185 Å². The number of ether oxygens (including phenoxy) is 4. The van der Waals surface area contributed by atoms with E-state index in [1.54, 1.807) is 13.0 Å². The van der Waals surface area contributed by atoms with E-state index < -0.39 is 17.6 Å². The van der Waals surface area contributed by atoms with Crippen LogP contribution in [0.4, 0.5) is 0 Å². The predicted octanol–water partition coefficient (Wildman–Crippen LogP) is 4.94. The maximum Gasteiger partial charge on any atom is 0.231 e. The van der Waals surface area contributed by atoms with Crippen LogP contribution in [0.2, 0.25) is 5.02 Å². The Morgan fingerprint density at radius 1 is 1.13 bits per heavy atom. The maximum atomic E-state index is 13.8. The molecule has 0 amide bonds. The number of methoxy groups -OCH3 is 2. The van der Waals surface area contributed by atoms with Crippen LogP contribution in [0, 0.1) is 5.92 Å². The first-order valence-corrected chi connectivity index (χ1v) is 10.4. The Morgan fingerprint density at radius 2 is 1.81 bits per heavy atom. The van der Waals surface area contributed by atoms with Crippen LogP contribution in [-0.4, -0.2) is 31.4 Å². The van der Waals surface area contributed by atoms with Gasteiger partial charge in [-0.15, -0.1) is 0 Å². The van der Waals surface area contributed by atoms with Crippen LogP contribution in [0.3, 0.4) is 0 Å². The second kappa shape index (κ2) is 7.93. The average Bonchev–Trinajstić information content (AvgIpc) is 3.08. The molecule has 31 heavy (non-hydrogen) atoms. The lowest BCUT2D eigenvalue weighted by Crippen LogP contribution is -2.52. The van der Waals surface area contributed by atoms with E-state index in [0.717, 1.165) is 5.56 Å². The molecule has 0 saturated heterocycles. The number of rotatable bonds is 5. The lowest BCUT2D eigenvalue weighted by molar-refractivity contribution is -0.119. The number of hydrogen-bond donors (Lipinski definition) is 0. The predicted molar refractivity (Wildman–Crippen MR) is 115 cm³/mol. The third-order valence-electron chi connectivity index (χ3n) is 5.85. The van der Waals surface area contributed by atoms with Crippen LogP contribution in [0.15, 0.2) is 48.2 Å². The lowest BCUT2D eigenvalue weighted by Gasteiger charge is -2.38. The summed E-state index contributed by atoms with van der Waals surface area (Å²) in [6.07, 6.45) is 1.10. The molecule has 4 rings (SSSR count). The highest BCUT2D eigenvalue weighted by Crippen LogP contribution is 2.55. The number of halogens is 1. The van der Waals surface area contributed by atoms with Gasteiger partial charge in [0.1, 0.15) is 28.2 Å². The molecule has 162 valence electrons. The zero-order valence-electron chi connectivity index (χ0n) is 17.7. The van der Waals surface area contributed by atoms with Crippen LogP contribution in [0.5, 0.6) is 17.2 Å². The number of carbonyl (C=O) groups excluding carboxylic acids is 2. The largest absolute Gasteiger partial charge is 0.496 e. The Bertz CT molecular complexity index is 1080. The zero-order chi connectivity index (χ0) is 22.3. The summed E-state index contributed by atoms with van der Waals surface area (Å²) in [6, 6.07) is 11.1. The molecule has 2 aromatic rings. The van der Waals surface area contributed by atoms with E-state index in [0.29, 0.717) is 5.75 Å². The first-order chi connectivity index (χ1) is 14.8. The van der Waals surface area contributed by atoms with Crippen molar-refractivity contribution in [2.75, 3.05) is 14.2 Å².